The molecule has 0 amide bonds. The van der Waals surface area contributed by atoms with Crippen LogP contribution in [0, 0.1) is 12.8 Å². The molecule has 1 N–H and O–H groups in total. The predicted molar refractivity (Wildman–Crippen MR) is 79.5 cm³/mol. The SMILES string of the molecule is Cc1c(CNCC(C)C)oc2cc3c(cc12)CCC3. The lowest BCUT2D eigenvalue weighted by molar-refractivity contribution is 0.482. The summed E-state index contributed by atoms with van der Waals surface area (Å²) in [5, 5.41) is 4.77. The number of hydrogen-bond donors (Lipinski definition) is 1. The summed E-state index contributed by atoms with van der Waals surface area (Å²) < 4.78 is 6.04. The number of furan rings is 1. The van der Waals surface area contributed by atoms with Crippen molar-refractivity contribution >= 4 is 11.0 Å². The molecule has 0 saturated carbocycles. The van der Waals surface area contributed by atoms with Crippen LogP contribution in [0.25, 0.3) is 11.0 Å². The predicted octanol–water partition coefficient (Wildman–Crippen LogP) is 3.98. The Bertz CT molecular complexity index is 595. The Balaban J connectivity index is 1.88. The molecule has 0 saturated heterocycles. The lowest BCUT2D eigenvalue weighted by atomic mass is 10.1. The van der Waals surface area contributed by atoms with Gasteiger partial charge in [-0.15, -0.1) is 0 Å². The number of benzene rings is 1. The van der Waals surface area contributed by atoms with Gasteiger partial charge >= 0.3 is 0 Å². The molecule has 0 radical (unpaired) electrons. The van der Waals surface area contributed by atoms with E-state index in [1.54, 1.807) is 0 Å². The van der Waals surface area contributed by atoms with Gasteiger partial charge in [0.05, 0.1) is 6.54 Å². The summed E-state index contributed by atoms with van der Waals surface area (Å²) in [6.45, 7) is 8.50. The van der Waals surface area contributed by atoms with E-state index in [0.717, 1.165) is 24.4 Å². The molecule has 3 rings (SSSR count). The zero-order valence-electron chi connectivity index (χ0n) is 12.2. The lowest BCUT2D eigenvalue weighted by Gasteiger charge is -2.05. The van der Waals surface area contributed by atoms with Gasteiger partial charge in [-0.1, -0.05) is 13.8 Å². The maximum atomic E-state index is 6.04. The molecular formula is C17H23NO. The summed E-state index contributed by atoms with van der Waals surface area (Å²) in [7, 11) is 0. The maximum absolute atomic E-state index is 6.04. The van der Waals surface area contributed by atoms with E-state index in [2.05, 4.69) is 38.2 Å². The standard InChI is InChI=1S/C17H23NO/c1-11(2)9-18-10-17-12(3)15-7-13-5-4-6-14(13)8-16(15)19-17/h7-8,11,18H,4-6,9-10H2,1-3H3. The molecule has 2 aromatic rings. The second-order valence-corrected chi connectivity index (χ2v) is 6.15. The molecule has 102 valence electrons. The van der Waals surface area contributed by atoms with Crippen LogP contribution in [0.1, 0.15) is 42.7 Å². The number of hydrogen-bond acceptors (Lipinski definition) is 2. The highest BCUT2D eigenvalue weighted by atomic mass is 16.3. The summed E-state index contributed by atoms with van der Waals surface area (Å²) in [5.74, 6) is 1.77. The van der Waals surface area contributed by atoms with Crippen LogP contribution < -0.4 is 5.32 Å². The monoisotopic (exact) mass is 257 g/mol. The Hall–Kier alpha value is -1.28. The van der Waals surface area contributed by atoms with Gasteiger partial charge < -0.3 is 9.73 Å². The first-order valence-corrected chi connectivity index (χ1v) is 7.39. The largest absolute Gasteiger partial charge is 0.459 e. The van der Waals surface area contributed by atoms with Crippen LogP contribution in [-0.2, 0) is 19.4 Å². The quantitative estimate of drug-likeness (QED) is 0.896. The third-order valence-electron chi connectivity index (χ3n) is 4.09. The van der Waals surface area contributed by atoms with Crippen molar-refractivity contribution in [3.8, 4) is 0 Å². The van der Waals surface area contributed by atoms with Crippen molar-refractivity contribution < 1.29 is 4.42 Å². The second kappa shape index (κ2) is 5.01. The molecule has 2 nitrogen and oxygen atoms in total. The van der Waals surface area contributed by atoms with Gasteiger partial charge in [0.25, 0.3) is 0 Å². The van der Waals surface area contributed by atoms with Crippen molar-refractivity contribution in [1.29, 1.82) is 0 Å². The third-order valence-corrected chi connectivity index (χ3v) is 4.09. The summed E-state index contributed by atoms with van der Waals surface area (Å²) >= 11 is 0. The first-order chi connectivity index (χ1) is 9.15. The van der Waals surface area contributed by atoms with E-state index in [0.29, 0.717) is 5.92 Å². The summed E-state index contributed by atoms with van der Waals surface area (Å²) in [6.07, 6.45) is 3.74. The third kappa shape index (κ3) is 2.42. The first-order valence-electron chi connectivity index (χ1n) is 7.39. The van der Waals surface area contributed by atoms with Gasteiger partial charge in [-0.05, 0) is 67.5 Å². The van der Waals surface area contributed by atoms with Crippen LogP contribution in [0.2, 0.25) is 0 Å². The fourth-order valence-corrected chi connectivity index (χ4v) is 2.98. The summed E-state index contributed by atoms with van der Waals surface area (Å²) in [6, 6.07) is 4.61. The van der Waals surface area contributed by atoms with Gasteiger partial charge in [-0.2, -0.15) is 0 Å². The van der Waals surface area contributed by atoms with Gasteiger partial charge in [0, 0.05) is 5.39 Å². The fourth-order valence-electron chi connectivity index (χ4n) is 2.98. The van der Waals surface area contributed by atoms with Crippen LogP contribution in [0.15, 0.2) is 16.5 Å². The lowest BCUT2D eigenvalue weighted by Crippen LogP contribution is -2.18. The van der Waals surface area contributed by atoms with Crippen molar-refractivity contribution in [2.75, 3.05) is 6.54 Å². The minimum Gasteiger partial charge on any atom is -0.459 e. The zero-order chi connectivity index (χ0) is 13.4. The van der Waals surface area contributed by atoms with Crippen molar-refractivity contribution in [1.82, 2.24) is 5.32 Å². The van der Waals surface area contributed by atoms with E-state index in [1.807, 2.05) is 0 Å². The Morgan fingerprint density at radius 3 is 2.68 bits per heavy atom. The van der Waals surface area contributed by atoms with Crippen molar-refractivity contribution in [3.63, 3.8) is 0 Å². The summed E-state index contributed by atoms with van der Waals surface area (Å²) in [4.78, 5) is 0. The molecule has 1 aliphatic rings. The van der Waals surface area contributed by atoms with Gasteiger partial charge in [0.1, 0.15) is 11.3 Å². The molecule has 19 heavy (non-hydrogen) atoms. The van der Waals surface area contributed by atoms with E-state index in [-0.39, 0.29) is 0 Å². The minimum atomic E-state index is 0.675. The highest BCUT2D eigenvalue weighted by molar-refractivity contribution is 5.84. The fraction of sp³-hybridized carbons (Fsp3) is 0.529. The van der Waals surface area contributed by atoms with E-state index in [1.165, 1.54) is 41.3 Å². The average Bonchev–Trinajstić information content (AvgIpc) is 2.92. The molecule has 0 unspecified atom stereocenters. The number of fused-ring (bicyclic) bond motifs is 2. The number of nitrogens with one attached hydrogen (secondary N) is 1. The first kappa shape index (κ1) is 12.7. The molecule has 2 heteroatoms. The molecule has 0 spiro atoms. The van der Waals surface area contributed by atoms with Crippen LogP contribution in [0.4, 0.5) is 0 Å². The zero-order valence-corrected chi connectivity index (χ0v) is 12.2. The molecule has 0 aliphatic heterocycles. The molecular weight excluding hydrogens is 234 g/mol. The summed E-state index contributed by atoms with van der Waals surface area (Å²) in [5.41, 5.74) is 5.39. The topological polar surface area (TPSA) is 25.2 Å². The highest BCUT2D eigenvalue weighted by Gasteiger charge is 2.16. The number of rotatable bonds is 4. The van der Waals surface area contributed by atoms with Crippen molar-refractivity contribution in [2.45, 2.75) is 46.6 Å². The van der Waals surface area contributed by atoms with Gasteiger partial charge in [0.2, 0.25) is 0 Å². The Kier molecular flexibility index (Phi) is 3.36. The van der Waals surface area contributed by atoms with Crippen LogP contribution in [0.5, 0.6) is 0 Å². The van der Waals surface area contributed by atoms with E-state index in [9.17, 15) is 0 Å². The maximum Gasteiger partial charge on any atom is 0.134 e. The second-order valence-electron chi connectivity index (χ2n) is 6.15. The van der Waals surface area contributed by atoms with Crippen LogP contribution in [0.3, 0.4) is 0 Å². The molecule has 1 aliphatic carbocycles. The smallest absolute Gasteiger partial charge is 0.134 e. The normalized spacial score (nSPS) is 14.5. The van der Waals surface area contributed by atoms with Crippen molar-refractivity contribution in [2.24, 2.45) is 5.92 Å². The minimum absolute atomic E-state index is 0.675. The van der Waals surface area contributed by atoms with Gasteiger partial charge in [0.15, 0.2) is 0 Å². The number of aryl methyl sites for hydroxylation is 3. The molecule has 1 heterocycles. The molecule has 1 aromatic carbocycles. The van der Waals surface area contributed by atoms with E-state index < -0.39 is 0 Å². The van der Waals surface area contributed by atoms with Crippen LogP contribution >= 0.6 is 0 Å². The highest BCUT2D eigenvalue weighted by Crippen LogP contribution is 2.32. The van der Waals surface area contributed by atoms with Crippen molar-refractivity contribution in [3.05, 3.63) is 34.6 Å². The van der Waals surface area contributed by atoms with E-state index >= 15 is 0 Å². The van der Waals surface area contributed by atoms with E-state index in [4.69, 9.17) is 4.42 Å². The van der Waals surface area contributed by atoms with Gasteiger partial charge in [-0.3, -0.25) is 0 Å². The molecule has 0 bridgehead atoms. The average molecular weight is 257 g/mol. The molecule has 0 atom stereocenters. The molecule has 0 fully saturated rings. The Morgan fingerprint density at radius 2 is 1.95 bits per heavy atom. The van der Waals surface area contributed by atoms with Crippen LogP contribution in [-0.4, -0.2) is 6.54 Å². The Labute approximate surface area is 115 Å². The molecule has 1 aromatic heterocycles. The van der Waals surface area contributed by atoms with Gasteiger partial charge in [-0.25, -0.2) is 0 Å². The Morgan fingerprint density at radius 1 is 1.21 bits per heavy atom.